The molecule has 0 fully saturated rings. The average Bonchev–Trinajstić information content (AvgIpc) is 2.81. The SMILES string of the molecule is Oc1ccc2c(c1)OC(c1ccco1)CC2. The summed E-state index contributed by atoms with van der Waals surface area (Å²) in [5.41, 5.74) is 1.14. The van der Waals surface area contributed by atoms with Crippen LogP contribution in [0.3, 0.4) is 0 Å². The quantitative estimate of drug-likeness (QED) is 0.796. The first-order chi connectivity index (χ1) is 7.83. The molecule has 0 saturated heterocycles. The van der Waals surface area contributed by atoms with Crippen LogP contribution in [0.5, 0.6) is 11.5 Å². The Morgan fingerprint density at radius 3 is 3.00 bits per heavy atom. The van der Waals surface area contributed by atoms with Crippen molar-refractivity contribution < 1.29 is 14.3 Å². The second-order valence-electron chi connectivity index (χ2n) is 3.95. The van der Waals surface area contributed by atoms with Gasteiger partial charge in [-0.2, -0.15) is 0 Å². The Labute approximate surface area is 93.3 Å². The molecule has 16 heavy (non-hydrogen) atoms. The lowest BCUT2D eigenvalue weighted by Crippen LogP contribution is -2.14. The Hall–Kier alpha value is -1.90. The number of benzene rings is 1. The number of phenolic OH excluding ortho intramolecular Hbond substituents is 1. The van der Waals surface area contributed by atoms with Gasteiger partial charge in [-0.05, 0) is 36.6 Å². The van der Waals surface area contributed by atoms with Crippen LogP contribution < -0.4 is 4.74 Å². The molecule has 0 aliphatic carbocycles. The van der Waals surface area contributed by atoms with E-state index in [0.717, 1.165) is 29.9 Å². The van der Waals surface area contributed by atoms with E-state index in [0.29, 0.717) is 0 Å². The number of fused-ring (bicyclic) bond motifs is 1. The van der Waals surface area contributed by atoms with E-state index in [1.54, 1.807) is 18.4 Å². The zero-order chi connectivity index (χ0) is 11.0. The van der Waals surface area contributed by atoms with Crippen molar-refractivity contribution in [3.8, 4) is 11.5 Å². The molecule has 1 unspecified atom stereocenters. The van der Waals surface area contributed by atoms with E-state index < -0.39 is 0 Å². The molecular formula is C13H12O3. The number of rotatable bonds is 1. The molecule has 3 heteroatoms. The molecule has 2 heterocycles. The molecule has 3 nitrogen and oxygen atoms in total. The Morgan fingerprint density at radius 1 is 1.25 bits per heavy atom. The van der Waals surface area contributed by atoms with Crippen molar-refractivity contribution in [1.29, 1.82) is 0 Å². The van der Waals surface area contributed by atoms with E-state index in [-0.39, 0.29) is 11.9 Å². The molecule has 1 aliphatic rings. The minimum Gasteiger partial charge on any atom is -0.508 e. The predicted molar refractivity (Wildman–Crippen MR) is 58.5 cm³/mol. The largest absolute Gasteiger partial charge is 0.508 e. The summed E-state index contributed by atoms with van der Waals surface area (Å²) in [7, 11) is 0. The van der Waals surface area contributed by atoms with E-state index in [9.17, 15) is 5.11 Å². The maximum Gasteiger partial charge on any atom is 0.156 e. The molecule has 3 rings (SSSR count). The summed E-state index contributed by atoms with van der Waals surface area (Å²) in [6, 6.07) is 9.03. The van der Waals surface area contributed by atoms with Gasteiger partial charge in [0, 0.05) is 6.07 Å². The zero-order valence-electron chi connectivity index (χ0n) is 8.72. The fourth-order valence-electron chi connectivity index (χ4n) is 2.03. The van der Waals surface area contributed by atoms with Crippen LogP contribution in [0.4, 0.5) is 0 Å². The highest BCUT2D eigenvalue weighted by molar-refractivity contribution is 5.41. The third kappa shape index (κ3) is 1.54. The van der Waals surface area contributed by atoms with Gasteiger partial charge in [0.25, 0.3) is 0 Å². The summed E-state index contributed by atoms with van der Waals surface area (Å²) >= 11 is 0. The lowest BCUT2D eigenvalue weighted by atomic mass is 10.0. The maximum absolute atomic E-state index is 9.40. The van der Waals surface area contributed by atoms with Gasteiger partial charge in [0.05, 0.1) is 6.26 Å². The minimum absolute atomic E-state index is 0.0377. The lowest BCUT2D eigenvalue weighted by Gasteiger charge is -2.24. The Bertz CT molecular complexity index is 488. The molecule has 1 aliphatic heterocycles. The monoisotopic (exact) mass is 216 g/mol. The average molecular weight is 216 g/mol. The van der Waals surface area contributed by atoms with Crippen LogP contribution in [0.2, 0.25) is 0 Å². The zero-order valence-corrected chi connectivity index (χ0v) is 8.72. The molecule has 82 valence electrons. The van der Waals surface area contributed by atoms with Crippen LogP contribution in [0.1, 0.15) is 23.8 Å². The van der Waals surface area contributed by atoms with Gasteiger partial charge < -0.3 is 14.3 Å². The first-order valence-corrected chi connectivity index (χ1v) is 5.35. The smallest absolute Gasteiger partial charge is 0.156 e. The molecule has 0 radical (unpaired) electrons. The van der Waals surface area contributed by atoms with Crippen molar-refractivity contribution in [1.82, 2.24) is 0 Å². The standard InChI is InChI=1S/C13H12O3/c14-10-5-3-9-4-6-12(16-13(9)8-10)11-2-1-7-15-11/h1-3,5,7-8,12,14H,4,6H2. The van der Waals surface area contributed by atoms with Crippen molar-refractivity contribution in [3.05, 3.63) is 47.9 Å². The molecule has 1 N–H and O–H groups in total. The summed E-state index contributed by atoms with van der Waals surface area (Å²) in [6.45, 7) is 0. The number of hydrogen-bond donors (Lipinski definition) is 1. The van der Waals surface area contributed by atoms with Crippen molar-refractivity contribution in [2.45, 2.75) is 18.9 Å². The van der Waals surface area contributed by atoms with Gasteiger partial charge in [0.2, 0.25) is 0 Å². The third-order valence-corrected chi connectivity index (χ3v) is 2.86. The minimum atomic E-state index is -0.0377. The van der Waals surface area contributed by atoms with E-state index in [1.165, 1.54) is 0 Å². The van der Waals surface area contributed by atoms with E-state index in [1.807, 2.05) is 18.2 Å². The number of aryl methyl sites for hydroxylation is 1. The van der Waals surface area contributed by atoms with Crippen LogP contribution in [0.15, 0.2) is 41.0 Å². The number of phenols is 1. The third-order valence-electron chi connectivity index (χ3n) is 2.86. The summed E-state index contributed by atoms with van der Waals surface area (Å²) in [5, 5.41) is 9.40. The van der Waals surface area contributed by atoms with Crippen molar-refractivity contribution in [2.75, 3.05) is 0 Å². The maximum atomic E-state index is 9.40. The molecule has 2 aromatic rings. The van der Waals surface area contributed by atoms with Crippen LogP contribution in [-0.4, -0.2) is 5.11 Å². The lowest BCUT2D eigenvalue weighted by molar-refractivity contribution is 0.150. The van der Waals surface area contributed by atoms with Gasteiger partial charge >= 0.3 is 0 Å². The van der Waals surface area contributed by atoms with Gasteiger partial charge in [-0.15, -0.1) is 0 Å². The fraction of sp³-hybridized carbons (Fsp3) is 0.231. The van der Waals surface area contributed by atoms with Crippen molar-refractivity contribution in [3.63, 3.8) is 0 Å². The highest BCUT2D eigenvalue weighted by atomic mass is 16.5. The number of hydrogen-bond acceptors (Lipinski definition) is 3. The highest BCUT2D eigenvalue weighted by Gasteiger charge is 2.23. The normalized spacial score (nSPS) is 18.9. The second-order valence-corrected chi connectivity index (χ2v) is 3.95. The van der Waals surface area contributed by atoms with Crippen LogP contribution in [0.25, 0.3) is 0 Å². The van der Waals surface area contributed by atoms with Crippen LogP contribution in [-0.2, 0) is 6.42 Å². The second kappa shape index (κ2) is 3.59. The molecule has 0 amide bonds. The Kier molecular flexibility index (Phi) is 2.10. The Balaban J connectivity index is 1.91. The molecule has 1 aromatic carbocycles. The van der Waals surface area contributed by atoms with Gasteiger partial charge in [0.15, 0.2) is 6.10 Å². The van der Waals surface area contributed by atoms with Gasteiger partial charge in [-0.25, -0.2) is 0 Å². The summed E-state index contributed by atoms with van der Waals surface area (Å²) in [5.74, 6) is 1.83. The number of aromatic hydroxyl groups is 1. The molecule has 0 saturated carbocycles. The number of ether oxygens (including phenoxy) is 1. The van der Waals surface area contributed by atoms with Gasteiger partial charge in [-0.3, -0.25) is 0 Å². The van der Waals surface area contributed by atoms with Crippen molar-refractivity contribution in [2.24, 2.45) is 0 Å². The van der Waals surface area contributed by atoms with Gasteiger partial charge in [0.1, 0.15) is 17.3 Å². The first-order valence-electron chi connectivity index (χ1n) is 5.35. The topological polar surface area (TPSA) is 42.6 Å². The Morgan fingerprint density at radius 2 is 2.19 bits per heavy atom. The molecule has 1 atom stereocenters. The summed E-state index contributed by atoms with van der Waals surface area (Å²) < 4.78 is 11.1. The molecule has 1 aromatic heterocycles. The highest BCUT2D eigenvalue weighted by Crippen LogP contribution is 2.36. The van der Waals surface area contributed by atoms with Crippen LogP contribution >= 0.6 is 0 Å². The fourth-order valence-corrected chi connectivity index (χ4v) is 2.03. The summed E-state index contributed by atoms with van der Waals surface area (Å²) in [6.07, 6.45) is 3.47. The predicted octanol–water partition coefficient (Wildman–Crippen LogP) is 3.05. The first kappa shape index (κ1) is 9.33. The van der Waals surface area contributed by atoms with E-state index >= 15 is 0 Å². The molecule has 0 bridgehead atoms. The number of furan rings is 1. The van der Waals surface area contributed by atoms with Gasteiger partial charge in [-0.1, -0.05) is 6.07 Å². The molecule has 0 spiro atoms. The van der Waals surface area contributed by atoms with Crippen LogP contribution in [0, 0.1) is 0 Å². The van der Waals surface area contributed by atoms with E-state index in [4.69, 9.17) is 9.15 Å². The molecular weight excluding hydrogens is 204 g/mol. The summed E-state index contributed by atoms with van der Waals surface area (Å²) in [4.78, 5) is 0. The van der Waals surface area contributed by atoms with E-state index in [2.05, 4.69) is 0 Å². The van der Waals surface area contributed by atoms with Crippen molar-refractivity contribution >= 4 is 0 Å².